The van der Waals surface area contributed by atoms with Gasteiger partial charge in [-0.25, -0.2) is 4.39 Å². The summed E-state index contributed by atoms with van der Waals surface area (Å²) in [4.78, 5) is 16.5. The molecule has 128 valence electrons. The first kappa shape index (κ1) is 16.9. The van der Waals surface area contributed by atoms with Gasteiger partial charge >= 0.3 is 0 Å². The minimum Gasteiger partial charge on any atom is -0.338 e. The predicted molar refractivity (Wildman–Crippen MR) is 89.6 cm³/mol. The number of halogens is 1. The van der Waals surface area contributed by atoms with Crippen LogP contribution in [0, 0.1) is 17.1 Å². The molecule has 4 nitrogen and oxygen atoms in total. The zero-order chi connectivity index (χ0) is 17.1. The first-order chi connectivity index (χ1) is 11.6. The van der Waals surface area contributed by atoms with E-state index in [-0.39, 0.29) is 17.8 Å². The lowest BCUT2D eigenvalue weighted by Crippen LogP contribution is -2.47. The van der Waals surface area contributed by atoms with Gasteiger partial charge in [0.25, 0.3) is 0 Å². The molecule has 0 spiro atoms. The van der Waals surface area contributed by atoms with E-state index < -0.39 is 0 Å². The van der Waals surface area contributed by atoms with Gasteiger partial charge in [0.2, 0.25) is 5.91 Å². The van der Waals surface area contributed by atoms with Gasteiger partial charge < -0.3 is 4.90 Å². The second-order valence-corrected chi connectivity index (χ2v) is 6.75. The highest BCUT2D eigenvalue weighted by molar-refractivity contribution is 5.76. The molecule has 2 aliphatic rings. The van der Waals surface area contributed by atoms with E-state index >= 15 is 0 Å². The Hall–Kier alpha value is -1.93. The summed E-state index contributed by atoms with van der Waals surface area (Å²) in [6, 6.07) is 7.16. The average Bonchev–Trinajstić information content (AvgIpc) is 3.24. The predicted octanol–water partition coefficient (Wildman–Crippen LogP) is 3.06. The lowest BCUT2D eigenvalue weighted by molar-refractivity contribution is -0.132. The van der Waals surface area contributed by atoms with Gasteiger partial charge in [-0.05, 0) is 50.4 Å². The van der Waals surface area contributed by atoms with Crippen molar-refractivity contribution in [1.82, 2.24) is 9.80 Å². The quantitative estimate of drug-likeness (QED) is 0.853. The summed E-state index contributed by atoms with van der Waals surface area (Å²) in [5.74, 6) is -0.0328. The van der Waals surface area contributed by atoms with Gasteiger partial charge in [-0.15, -0.1) is 0 Å². The van der Waals surface area contributed by atoms with Gasteiger partial charge in [-0.2, -0.15) is 5.26 Å². The molecule has 2 atom stereocenters. The smallest absolute Gasteiger partial charge is 0.222 e. The number of nitriles is 1. The Morgan fingerprint density at radius 1 is 1.29 bits per heavy atom. The Balaban J connectivity index is 1.76. The van der Waals surface area contributed by atoms with Gasteiger partial charge in [0.05, 0.1) is 11.6 Å². The van der Waals surface area contributed by atoms with E-state index in [0.29, 0.717) is 30.1 Å². The second-order valence-electron chi connectivity index (χ2n) is 6.75. The molecule has 0 N–H and O–H groups in total. The first-order valence-electron chi connectivity index (χ1n) is 8.86. The monoisotopic (exact) mass is 329 g/mol. The van der Waals surface area contributed by atoms with E-state index in [4.69, 9.17) is 5.26 Å². The van der Waals surface area contributed by atoms with Crippen LogP contribution in [0.15, 0.2) is 18.2 Å². The zero-order valence-corrected chi connectivity index (χ0v) is 14.2. The molecular formula is C19H24FN3O. The molecule has 5 heteroatoms. The van der Waals surface area contributed by atoms with E-state index in [2.05, 4.69) is 11.0 Å². The summed E-state index contributed by atoms with van der Waals surface area (Å²) in [6.45, 7) is 4.19. The van der Waals surface area contributed by atoms with Crippen molar-refractivity contribution in [2.75, 3.05) is 13.1 Å². The number of likely N-dealkylation sites (tertiary alicyclic amines) is 2. The molecule has 0 aliphatic carbocycles. The van der Waals surface area contributed by atoms with E-state index in [9.17, 15) is 9.18 Å². The molecule has 2 heterocycles. The van der Waals surface area contributed by atoms with Crippen LogP contribution in [0.25, 0.3) is 0 Å². The molecule has 1 aromatic rings. The van der Waals surface area contributed by atoms with Crippen molar-refractivity contribution in [1.29, 1.82) is 5.26 Å². The van der Waals surface area contributed by atoms with Crippen molar-refractivity contribution in [3.8, 4) is 6.07 Å². The highest BCUT2D eigenvalue weighted by Crippen LogP contribution is 2.31. The number of hydrogen-bond donors (Lipinski definition) is 0. The van der Waals surface area contributed by atoms with Gasteiger partial charge in [-0.3, -0.25) is 9.69 Å². The van der Waals surface area contributed by atoms with Crippen molar-refractivity contribution in [3.63, 3.8) is 0 Å². The Morgan fingerprint density at radius 2 is 2.04 bits per heavy atom. The number of carbonyl (C=O) groups excluding carboxylic acids is 1. The number of hydrogen-bond acceptors (Lipinski definition) is 3. The molecule has 1 aromatic carbocycles. The van der Waals surface area contributed by atoms with Crippen molar-refractivity contribution >= 4 is 5.91 Å². The summed E-state index contributed by atoms with van der Waals surface area (Å²) >= 11 is 0. The molecule has 2 aliphatic heterocycles. The summed E-state index contributed by atoms with van der Waals surface area (Å²) in [7, 11) is 0. The van der Waals surface area contributed by atoms with Gasteiger partial charge in [0.1, 0.15) is 5.82 Å². The number of rotatable bonds is 4. The molecule has 0 unspecified atom stereocenters. The molecule has 0 radical (unpaired) electrons. The Labute approximate surface area is 142 Å². The highest BCUT2D eigenvalue weighted by atomic mass is 19.1. The molecule has 24 heavy (non-hydrogen) atoms. The third-order valence-corrected chi connectivity index (χ3v) is 5.33. The SMILES string of the molecule is CCC(=O)N1CCC[C@@H]1[C@@H]1CCCN1Cc1cc(C#N)ccc1F. The summed E-state index contributed by atoms with van der Waals surface area (Å²) in [5, 5.41) is 9.03. The molecule has 2 saturated heterocycles. The van der Waals surface area contributed by atoms with Gasteiger partial charge in [-0.1, -0.05) is 6.92 Å². The number of nitrogens with zero attached hydrogens (tertiary/aromatic N) is 3. The Morgan fingerprint density at radius 3 is 2.79 bits per heavy atom. The van der Waals surface area contributed by atoms with Gasteiger partial charge in [0.15, 0.2) is 0 Å². The van der Waals surface area contributed by atoms with E-state index in [1.54, 1.807) is 6.07 Å². The Bertz CT molecular complexity index is 655. The molecule has 3 rings (SSSR count). The maximum atomic E-state index is 14.1. The standard InChI is InChI=1S/C19H24FN3O/c1-2-19(24)23-10-4-6-18(23)17-5-3-9-22(17)13-15-11-14(12-21)7-8-16(15)20/h7-8,11,17-18H,2-6,9-10,13H2,1H3/t17-,18+/m0/s1. The molecule has 2 fully saturated rings. The number of benzene rings is 1. The topological polar surface area (TPSA) is 47.3 Å². The molecular weight excluding hydrogens is 305 g/mol. The minimum absolute atomic E-state index is 0.224. The van der Waals surface area contributed by atoms with Crippen molar-refractivity contribution in [3.05, 3.63) is 35.1 Å². The molecule has 0 aromatic heterocycles. The number of amides is 1. The lowest BCUT2D eigenvalue weighted by atomic mass is 10.0. The summed E-state index contributed by atoms with van der Waals surface area (Å²) < 4.78 is 14.1. The van der Waals surface area contributed by atoms with Crippen LogP contribution >= 0.6 is 0 Å². The van der Waals surface area contributed by atoms with Crippen LogP contribution in [0.1, 0.15) is 50.2 Å². The van der Waals surface area contributed by atoms with E-state index in [1.165, 1.54) is 12.1 Å². The summed E-state index contributed by atoms with van der Waals surface area (Å²) in [5.41, 5.74) is 1.07. The van der Waals surface area contributed by atoms with E-state index in [1.807, 2.05) is 11.8 Å². The van der Waals surface area contributed by atoms with Crippen LogP contribution in [0.3, 0.4) is 0 Å². The lowest BCUT2D eigenvalue weighted by Gasteiger charge is -2.35. The highest BCUT2D eigenvalue weighted by Gasteiger charge is 2.39. The summed E-state index contributed by atoms with van der Waals surface area (Å²) in [6.07, 6.45) is 4.77. The third kappa shape index (κ3) is 3.29. The molecule has 0 saturated carbocycles. The average molecular weight is 329 g/mol. The largest absolute Gasteiger partial charge is 0.338 e. The second kappa shape index (κ2) is 7.31. The Kier molecular flexibility index (Phi) is 5.15. The number of carbonyl (C=O) groups is 1. The van der Waals surface area contributed by atoms with Crippen molar-refractivity contribution < 1.29 is 9.18 Å². The maximum absolute atomic E-state index is 14.1. The van der Waals surface area contributed by atoms with E-state index in [0.717, 1.165) is 38.8 Å². The first-order valence-corrected chi connectivity index (χ1v) is 8.86. The van der Waals surface area contributed by atoms with Crippen LogP contribution in [0.2, 0.25) is 0 Å². The fraction of sp³-hybridized carbons (Fsp3) is 0.579. The molecule has 1 amide bonds. The normalized spacial score (nSPS) is 24.3. The molecule has 0 bridgehead atoms. The fourth-order valence-electron chi connectivity index (χ4n) is 4.17. The minimum atomic E-state index is -0.257. The van der Waals surface area contributed by atoms with Crippen LogP contribution in [-0.4, -0.2) is 40.9 Å². The fourth-order valence-corrected chi connectivity index (χ4v) is 4.17. The van der Waals surface area contributed by atoms with Crippen LogP contribution < -0.4 is 0 Å². The van der Waals surface area contributed by atoms with Crippen LogP contribution in [0.5, 0.6) is 0 Å². The van der Waals surface area contributed by atoms with Crippen LogP contribution in [0.4, 0.5) is 4.39 Å². The van der Waals surface area contributed by atoms with Crippen molar-refractivity contribution in [2.24, 2.45) is 0 Å². The zero-order valence-electron chi connectivity index (χ0n) is 14.2. The van der Waals surface area contributed by atoms with Gasteiger partial charge in [0, 0.05) is 37.2 Å². The third-order valence-electron chi connectivity index (χ3n) is 5.33. The van der Waals surface area contributed by atoms with Crippen LogP contribution in [-0.2, 0) is 11.3 Å². The van der Waals surface area contributed by atoms with Crippen molar-refractivity contribution in [2.45, 2.75) is 57.7 Å². The maximum Gasteiger partial charge on any atom is 0.222 e.